The second kappa shape index (κ2) is 8.97. The minimum Gasteiger partial charge on any atom is -0.345 e. The van der Waals surface area contributed by atoms with Crippen LogP contribution in [0.2, 0.25) is 0 Å². The van der Waals surface area contributed by atoms with Gasteiger partial charge >= 0.3 is 0 Å². The molecule has 0 aliphatic carbocycles. The Balaban J connectivity index is 2.29. The van der Waals surface area contributed by atoms with Crippen LogP contribution in [0.15, 0.2) is 93.5 Å². The van der Waals surface area contributed by atoms with Crippen molar-refractivity contribution in [2.75, 3.05) is 28.2 Å². The molecule has 0 aliphatic heterocycles. The lowest BCUT2D eigenvalue weighted by Gasteiger charge is -2.17. The predicted molar refractivity (Wildman–Crippen MR) is 118 cm³/mol. The normalized spacial score (nSPS) is 10.7. The minimum absolute atomic E-state index is 0.0505. The zero-order chi connectivity index (χ0) is 21.0. The van der Waals surface area contributed by atoms with Crippen LogP contribution in [0.3, 0.4) is 0 Å². The Morgan fingerprint density at radius 2 is 0.966 bits per heavy atom. The van der Waals surface area contributed by atoms with Crippen LogP contribution in [0.25, 0.3) is 0 Å². The molecule has 0 N–H and O–H groups in total. The maximum atomic E-state index is 12.9. The van der Waals surface area contributed by atoms with E-state index in [1.165, 1.54) is 0 Å². The lowest BCUT2D eigenvalue weighted by atomic mass is 10.2. The van der Waals surface area contributed by atoms with Gasteiger partial charge < -0.3 is 9.80 Å². The summed E-state index contributed by atoms with van der Waals surface area (Å²) >= 11 is 0. The standard InChI is InChI=1S/C24H25N2O2S/c1-25(2)23(27)19-14-8-10-16-21(19)29(18-12-6-5-7-13-18)22-17-11-9-15-20(22)24(28)26(3)4/h5-17H,1-4H3/q+1. The number of amides is 2. The number of hydrogen-bond acceptors (Lipinski definition) is 2. The van der Waals surface area contributed by atoms with Crippen LogP contribution in [0, 0.1) is 0 Å². The van der Waals surface area contributed by atoms with Crippen LogP contribution in [-0.2, 0) is 10.9 Å². The third-order valence-electron chi connectivity index (χ3n) is 4.47. The van der Waals surface area contributed by atoms with Crippen molar-refractivity contribution < 1.29 is 9.59 Å². The summed E-state index contributed by atoms with van der Waals surface area (Å²) in [5.41, 5.74) is 1.30. The van der Waals surface area contributed by atoms with Gasteiger partial charge in [-0.2, -0.15) is 0 Å². The van der Waals surface area contributed by atoms with Crippen LogP contribution in [0.1, 0.15) is 20.7 Å². The number of benzene rings is 3. The van der Waals surface area contributed by atoms with Crippen LogP contribution < -0.4 is 0 Å². The lowest BCUT2D eigenvalue weighted by Crippen LogP contribution is -2.26. The second-order valence-corrected chi connectivity index (χ2v) is 8.97. The second-order valence-electron chi connectivity index (χ2n) is 7.01. The first-order valence-corrected chi connectivity index (χ1v) is 10.5. The predicted octanol–water partition coefficient (Wildman–Crippen LogP) is 4.19. The molecule has 0 aromatic heterocycles. The van der Waals surface area contributed by atoms with Gasteiger partial charge in [-0.05, 0) is 36.4 Å². The Hall–Kier alpha value is -3.05. The van der Waals surface area contributed by atoms with Gasteiger partial charge in [-0.3, -0.25) is 9.59 Å². The molecule has 0 spiro atoms. The summed E-state index contributed by atoms with van der Waals surface area (Å²) in [7, 11) is 6.41. The zero-order valence-electron chi connectivity index (χ0n) is 17.1. The number of rotatable bonds is 5. The number of nitrogens with zero attached hydrogens (tertiary/aromatic N) is 2. The molecule has 0 aliphatic rings. The maximum Gasteiger partial charge on any atom is 0.258 e. The van der Waals surface area contributed by atoms with Gasteiger partial charge in [0, 0.05) is 28.2 Å². The van der Waals surface area contributed by atoms with E-state index in [0.29, 0.717) is 11.1 Å². The highest BCUT2D eigenvalue weighted by atomic mass is 32.2. The lowest BCUT2D eigenvalue weighted by molar-refractivity contribution is 0.0818. The molecular formula is C24H25N2O2S+. The molecule has 4 nitrogen and oxygen atoms in total. The van der Waals surface area contributed by atoms with Crippen molar-refractivity contribution in [2.45, 2.75) is 14.7 Å². The molecule has 0 unspecified atom stereocenters. The topological polar surface area (TPSA) is 40.6 Å². The first kappa shape index (κ1) is 20.7. The number of hydrogen-bond donors (Lipinski definition) is 0. The highest BCUT2D eigenvalue weighted by Crippen LogP contribution is 2.35. The molecule has 3 aromatic rings. The summed E-state index contributed by atoms with van der Waals surface area (Å²) in [6.07, 6.45) is 0. The summed E-state index contributed by atoms with van der Waals surface area (Å²) < 4.78 is 0. The average molecular weight is 406 g/mol. The molecular weight excluding hydrogens is 380 g/mol. The van der Waals surface area contributed by atoms with Gasteiger partial charge in [0.15, 0.2) is 14.7 Å². The van der Waals surface area contributed by atoms with Gasteiger partial charge in [0.2, 0.25) is 0 Å². The Morgan fingerprint density at radius 3 is 1.38 bits per heavy atom. The summed E-state index contributed by atoms with van der Waals surface area (Å²) in [5, 5.41) is 0. The summed E-state index contributed by atoms with van der Waals surface area (Å²) in [5.74, 6) is -0.101. The molecule has 0 saturated carbocycles. The average Bonchev–Trinajstić information content (AvgIpc) is 2.74. The van der Waals surface area contributed by atoms with Gasteiger partial charge in [0.1, 0.15) is 10.9 Å². The van der Waals surface area contributed by atoms with Gasteiger partial charge in [0.25, 0.3) is 11.8 Å². The fourth-order valence-corrected chi connectivity index (χ4v) is 5.41. The van der Waals surface area contributed by atoms with E-state index in [2.05, 4.69) is 12.1 Å². The van der Waals surface area contributed by atoms with E-state index in [4.69, 9.17) is 0 Å². The smallest absolute Gasteiger partial charge is 0.258 e. The Bertz CT molecular complexity index is 953. The van der Waals surface area contributed by atoms with E-state index in [1.807, 2.05) is 66.7 Å². The van der Waals surface area contributed by atoms with E-state index in [0.717, 1.165) is 14.7 Å². The molecule has 3 rings (SSSR count). The zero-order valence-corrected chi connectivity index (χ0v) is 17.9. The molecule has 0 bridgehead atoms. The van der Waals surface area contributed by atoms with Crippen molar-refractivity contribution in [3.63, 3.8) is 0 Å². The van der Waals surface area contributed by atoms with Gasteiger partial charge in [-0.25, -0.2) is 0 Å². The molecule has 0 atom stereocenters. The SMILES string of the molecule is CN(C)C(=O)c1ccccc1[S+](c1ccccc1)c1ccccc1C(=O)N(C)C. The fraction of sp³-hybridized carbons (Fsp3) is 0.167. The maximum absolute atomic E-state index is 12.9. The quantitative estimate of drug-likeness (QED) is 0.598. The molecule has 3 aromatic carbocycles. The van der Waals surface area contributed by atoms with Crippen LogP contribution in [-0.4, -0.2) is 49.8 Å². The first-order valence-electron chi connectivity index (χ1n) is 9.32. The van der Waals surface area contributed by atoms with Crippen molar-refractivity contribution in [1.82, 2.24) is 9.80 Å². The third-order valence-corrected chi connectivity index (χ3v) is 6.80. The van der Waals surface area contributed by atoms with Crippen molar-refractivity contribution >= 4 is 22.7 Å². The number of carbonyl (C=O) groups excluding carboxylic acids is 2. The van der Waals surface area contributed by atoms with E-state index >= 15 is 0 Å². The fourth-order valence-electron chi connectivity index (χ4n) is 3.05. The van der Waals surface area contributed by atoms with Crippen molar-refractivity contribution in [3.05, 3.63) is 90.0 Å². The van der Waals surface area contributed by atoms with E-state index < -0.39 is 10.9 Å². The van der Waals surface area contributed by atoms with Gasteiger partial charge in [-0.15, -0.1) is 0 Å². The van der Waals surface area contributed by atoms with E-state index in [-0.39, 0.29) is 11.8 Å². The van der Waals surface area contributed by atoms with Crippen molar-refractivity contribution in [3.8, 4) is 0 Å². The Morgan fingerprint density at radius 1 is 0.586 bits per heavy atom. The number of carbonyl (C=O) groups is 2. The first-order chi connectivity index (χ1) is 13.9. The van der Waals surface area contributed by atoms with Gasteiger partial charge in [-0.1, -0.05) is 42.5 Å². The molecule has 5 heteroatoms. The summed E-state index contributed by atoms with van der Waals surface area (Å²) in [4.78, 5) is 31.9. The highest BCUT2D eigenvalue weighted by molar-refractivity contribution is 7.97. The molecule has 0 heterocycles. The molecule has 0 fully saturated rings. The monoisotopic (exact) mass is 405 g/mol. The molecule has 0 radical (unpaired) electrons. The van der Waals surface area contributed by atoms with Gasteiger partial charge in [0.05, 0.1) is 11.1 Å². The molecule has 29 heavy (non-hydrogen) atoms. The Kier molecular flexibility index (Phi) is 6.39. The summed E-state index contributed by atoms with van der Waals surface area (Å²) in [6, 6.07) is 25.4. The molecule has 0 saturated heterocycles. The van der Waals surface area contributed by atoms with E-state index in [9.17, 15) is 9.59 Å². The third kappa shape index (κ3) is 4.35. The molecule has 2 amide bonds. The van der Waals surface area contributed by atoms with E-state index in [1.54, 1.807) is 38.0 Å². The molecule has 148 valence electrons. The van der Waals surface area contributed by atoms with Crippen LogP contribution >= 0.6 is 0 Å². The summed E-state index contributed by atoms with van der Waals surface area (Å²) in [6.45, 7) is 0. The highest BCUT2D eigenvalue weighted by Gasteiger charge is 2.36. The minimum atomic E-state index is -0.607. The van der Waals surface area contributed by atoms with Crippen molar-refractivity contribution in [2.24, 2.45) is 0 Å². The van der Waals surface area contributed by atoms with Crippen LogP contribution in [0.5, 0.6) is 0 Å². The largest absolute Gasteiger partial charge is 0.345 e. The Labute approximate surface area is 175 Å². The van der Waals surface area contributed by atoms with Crippen molar-refractivity contribution in [1.29, 1.82) is 0 Å². The van der Waals surface area contributed by atoms with Crippen LogP contribution in [0.4, 0.5) is 0 Å².